The number of rotatable bonds is 5. The maximum absolute atomic E-state index is 5.53. The number of benzene rings is 7. The third kappa shape index (κ3) is 5.57. The van der Waals surface area contributed by atoms with E-state index in [-0.39, 0.29) is 0 Å². The summed E-state index contributed by atoms with van der Waals surface area (Å²) in [5.74, 6) is 0. The molecule has 1 spiro atoms. The fourth-order valence-electron chi connectivity index (χ4n) is 10.2. The molecule has 5 heteroatoms. The van der Waals surface area contributed by atoms with Crippen LogP contribution in [0.15, 0.2) is 228 Å². The van der Waals surface area contributed by atoms with Crippen LogP contribution in [0.2, 0.25) is 0 Å². The summed E-state index contributed by atoms with van der Waals surface area (Å²) < 4.78 is 0. The Morgan fingerprint density at radius 2 is 0.922 bits per heavy atom. The normalized spacial score (nSPS) is 13.1. The van der Waals surface area contributed by atoms with Crippen LogP contribution < -0.4 is 0 Å². The minimum atomic E-state index is -0.464. The Morgan fingerprint density at radius 3 is 1.58 bits per heavy atom. The summed E-state index contributed by atoms with van der Waals surface area (Å²) >= 11 is 1.90. The number of hydrogen-bond donors (Lipinski definition) is 0. The Balaban J connectivity index is 0.995. The Morgan fingerprint density at radius 1 is 0.359 bits per heavy atom. The van der Waals surface area contributed by atoms with Crippen molar-refractivity contribution in [2.75, 3.05) is 0 Å². The van der Waals surface area contributed by atoms with Crippen molar-refractivity contribution in [2.45, 2.75) is 15.2 Å². The molecule has 0 fully saturated rings. The summed E-state index contributed by atoms with van der Waals surface area (Å²) in [4.78, 5) is 22.3. The summed E-state index contributed by atoms with van der Waals surface area (Å²) in [6.07, 6.45) is 3.61. The molecule has 0 radical (unpaired) electrons. The zero-order valence-corrected chi connectivity index (χ0v) is 35.3. The lowest BCUT2D eigenvalue weighted by Crippen LogP contribution is -2.32. The summed E-state index contributed by atoms with van der Waals surface area (Å²) in [5.41, 5.74) is 18.2. The van der Waals surface area contributed by atoms with Crippen LogP contribution in [0.4, 0.5) is 0 Å². The predicted molar refractivity (Wildman–Crippen MR) is 261 cm³/mol. The van der Waals surface area contributed by atoms with Crippen LogP contribution >= 0.6 is 11.8 Å². The van der Waals surface area contributed by atoms with Crippen molar-refractivity contribution in [3.63, 3.8) is 0 Å². The standard InChI is InChI=1S/C59H36N4S/c1-2-14-39(15-3-1)57-45-30-31-49-58(64-55-23-9-8-20-48(55)59(49)46-18-6-4-16-42(46)43-17-5-7-19-47(43)59)56(45)44-29-28-40(34-52(44)63-57)37-24-26-38(27-25-37)41-35-53(50-21-10-12-32-60-50)62-54(36-41)51-22-11-13-33-61-51/h1-36H. The molecule has 5 heterocycles. The lowest BCUT2D eigenvalue weighted by molar-refractivity contribution is 0.726. The van der Waals surface area contributed by atoms with E-state index in [2.05, 4.69) is 180 Å². The molecular weight excluding hydrogens is 797 g/mol. The van der Waals surface area contributed by atoms with Gasteiger partial charge < -0.3 is 0 Å². The lowest BCUT2D eigenvalue weighted by atomic mass is 9.67. The van der Waals surface area contributed by atoms with E-state index in [1.54, 1.807) is 12.4 Å². The van der Waals surface area contributed by atoms with Gasteiger partial charge in [-0.1, -0.05) is 169 Å². The van der Waals surface area contributed by atoms with Gasteiger partial charge >= 0.3 is 0 Å². The zero-order valence-electron chi connectivity index (χ0n) is 34.5. The largest absolute Gasteiger partial charge is 0.255 e. The summed E-state index contributed by atoms with van der Waals surface area (Å²) in [6, 6.07) is 74.2. The van der Waals surface area contributed by atoms with Crippen LogP contribution in [-0.2, 0) is 5.41 Å². The average molecular weight is 833 g/mol. The van der Waals surface area contributed by atoms with E-state index in [0.717, 1.165) is 72.6 Å². The molecule has 13 rings (SSSR count). The number of fused-ring (bicyclic) bond motifs is 13. The van der Waals surface area contributed by atoms with Gasteiger partial charge in [0.15, 0.2) is 0 Å². The smallest absolute Gasteiger partial charge is 0.0900 e. The van der Waals surface area contributed by atoms with Crippen molar-refractivity contribution in [3.8, 4) is 67.4 Å². The van der Waals surface area contributed by atoms with Gasteiger partial charge in [-0.2, -0.15) is 0 Å². The molecule has 2 aliphatic rings. The van der Waals surface area contributed by atoms with E-state index in [1.807, 2.05) is 48.2 Å². The molecule has 0 atom stereocenters. The van der Waals surface area contributed by atoms with Gasteiger partial charge in [0, 0.05) is 43.9 Å². The van der Waals surface area contributed by atoms with Gasteiger partial charge in [0.1, 0.15) is 0 Å². The first kappa shape index (κ1) is 36.6. The van der Waals surface area contributed by atoms with Crippen LogP contribution in [0.3, 0.4) is 0 Å². The molecule has 0 unspecified atom stereocenters. The van der Waals surface area contributed by atoms with Crippen LogP contribution in [0, 0.1) is 0 Å². The van der Waals surface area contributed by atoms with Crippen molar-refractivity contribution < 1.29 is 0 Å². The monoisotopic (exact) mass is 832 g/mol. The second kappa shape index (κ2) is 14.6. The van der Waals surface area contributed by atoms with E-state index < -0.39 is 5.41 Å². The number of pyridine rings is 4. The van der Waals surface area contributed by atoms with Crippen molar-refractivity contribution in [1.29, 1.82) is 0 Å². The van der Waals surface area contributed by atoms with Crippen LogP contribution in [0.25, 0.3) is 89.1 Å². The minimum absolute atomic E-state index is 0.464. The first-order valence-corrected chi connectivity index (χ1v) is 22.4. The quantitative estimate of drug-likeness (QED) is 0.162. The highest BCUT2D eigenvalue weighted by atomic mass is 32.2. The summed E-state index contributed by atoms with van der Waals surface area (Å²) in [6.45, 7) is 0. The molecule has 0 amide bonds. The topological polar surface area (TPSA) is 51.6 Å². The summed E-state index contributed by atoms with van der Waals surface area (Å²) in [5, 5.41) is 3.55. The second-order valence-corrected chi connectivity index (χ2v) is 17.5. The van der Waals surface area contributed by atoms with Gasteiger partial charge in [-0.15, -0.1) is 0 Å². The maximum atomic E-state index is 5.53. The Hall–Kier alpha value is -7.99. The maximum Gasteiger partial charge on any atom is 0.0900 e. The minimum Gasteiger partial charge on any atom is -0.255 e. The second-order valence-electron chi connectivity index (χ2n) is 16.5. The zero-order chi connectivity index (χ0) is 42.2. The van der Waals surface area contributed by atoms with E-state index in [1.165, 1.54) is 48.6 Å². The fraction of sp³-hybridized carbons (Fsp3) is 0.0169. The highest BCUT2D eigenvalue weighted by molar-refractivity contribution is 7.99. The third-order valence-corrected chi connectivity index (χ3v) is 14.3. The van der Waals surface area contributed by atoms with Gasteiger partial charge in [0.25, 0.3) is 0 Å². The van der Waals surface area contributed by atoms with E-state index in [4.69, 9.17) is 9.97 Å². The van der Waals surface area contributed by atoms with Crippen LogP contribution in [0.1, 0.15) is 22.3 Å². The summed E-state index contributed by atoms with van der Waals surface area (Å²) in [7, 11) is 0. The average Bonchev–Trinajstić information content (AvgIpc) is 3.67. The highest BCUT2D eigenvalue weighted by Crippen LogP contribution is 2.63. The number of nitrogens with zero attached hydrogens (tertiary/aromatic N) is 4. The Kier molecular flexibility index (Phi) is 8.33. The van der Waals surface area contributed by atoms with Crippen molar-refractivity contribution in [3.05, 3.63) is 241 Å². The molecule has 7 aromatic carbocycles. The fourth-order valence-corrected chi connectivity index (χ4v) is 11.6. The van der Waals surface area contributed by atoms with E-state index in [0.29, 0.717) is 0 Å². The first-order chi connectivity index (χ1) is 31.7. The molecule has 1 aliphatic carbocycles. The SMILES string of the molecule is c1ccc(-c2nc3cc(-c4ccc(-c5cc(-c6ccccn6)nc(-c6ccccn6)c5)cc4)ccc3c3c4c(ccc23)C2(c3ccccc3S4)c3ccccc3-c3ccccc32)cc1. The number of hydrogen-bond acceptors (Lipinski definition) is 5. The van der Waals surface area contributed by atoms with Crippen LogP contribution in [0.5, 0.6) is 0 Å². The van der Waals surface area contributed by atoms with Crippen molar-refractivity contribution in [2.24, 2.45) is 0 Å². The van der Waals surface area contributed by atoms with Crippen LogP contribution in [-0.4, -0.2) is 19.9 Å². The molecule has 0 N–H and O–H groups in total. The Labute approximate surface area is 375 Å². The molecule has 1 aliphatic heterocycles. The molecule has 11 aromatic rings. The molecule has 0 saturated heterocycles. The van der Waals surface area contributed by atoms with E-state index in [9.17, 15) is 0 Å². The van der Waals surface area contributed by atoms with E-state index >= 15 is 0 Å². The highest BCUT2D eigenvalue weighted by Gasteiger charge is 2.50. The van der Waals surface area contributed by atoms with Crippen molar-refractivity contribution >= 4 is 33.4 Å². The van der Waals surface area contributed by atoms with Crippen molar-refractivity contribution in [1.82, 2.24) is 19.9 Å². The van der Waals surface area contributed by atoms with Gasteiger partial charge in [0.2, 0.25) is 0 Å². The van der Waals surface area contributed by atoms with Gasteiger partial charge in [-0.3, -0.25) is 9.97 Å². The lowest BCUT2D eigenvalue weighted by Gasteiger charge is -2.40. The van der Waals surface area contributed by atoms with Gasteiger partial charge in [-0.25, -0.2) is 9.97 Å². The molecule has 0 bridgehead atoms. The molecule has 4 aromatic heterocycles. The molecular formula is C59H36N4S. The Bertz CT molecular complexity index is 3520. The molecule has 64 heavy (non-hydrogen) atoms. The van der Waals surface area contributed by atoms with Gasteiger partial charge in [0.05, 0.1) is 39.4 Å². The third-order valence-electron chi connectivity index (χ3n) is 13.1. The molecule has 0 saturated carbocycles. The molecule has 298 valence electrons. The number of aromatic nitrogens is 4. The first-order valence-electron chi connectivity index (χ1n) is 21.6. The van der Waals surface area contributed by atoms with Gasteiger partial charge in [-0.05, 0) is 104 Å². The predicted octanol–water partition coefficient (Wildman–Crippen LogP) is 14.7. The molecule has 4 nitrogen and oxygen atoms in total.